The topological polar surface area (TPSA) is 99.4 Å². The van der Waals surface area contributed by atoms with E-state index in [2.05, 4.69) is 4.74 Å². The fourth-order valence-corrected chi connectivity index (χ4v) is 1.27. The molecule has 1 fully saturated rings. The number of methoxy groups -OCH3 is 1. The van der Waals surface area contributed by atoms with E-state index < -0.39 is 30.7 Å². The van der Waals surface area contributed by atoms with Gasteiger partial charge in [0.1, 0.15) is 24.4 Å². The maximum absolute atomic E-state index is 9.32. The number of aliphatic hydroxyl groups excluding tert-OH is 4. The highest BCUT2D eigenvalue weighted by molar-refractivity contribution is 4.89. The Labute approximate surface area is 75.3 Å². The lowest BCUT2D eigenvalue weighted by molar-refractivity contribution is -0.151. The predicted molar refractivity (Wildman–Crippen MR) is 40.8 cm³/mol. The molecule has 6 heteroatoms. The van der Waals surface area contributed by atoms with Crippen molar-refractivity contribution in [3.05, 3.63) is 0 Å². The van der Waals surface area contributed by atoms with Gasteiger partial charge in [-0.25, -0.2) is 0 Å². The molecular weight excluding hydrogens is 180 g/mol. The molecule has 0 bridgehead atoms. The SMILES string of the molecule is COC[C@@H](O)[C@H]1O[C@H](O)[C@@H](O)C1O. The lowest BCUT2D eigenvalue weighted by atomic mass is 10.1. The third kappa shape index (κ3) is 2.16. The fraction of sp³-hybridized carbons (Fsp3) is 1.00. The smallest absolute Gasteiger partial charge is 0.184 e. The molecule has 1 aliphatic rings. The summed E-state index contributed by atoms with van der Waals surface area (Å²) in [6.45, 7) is -0.0266. The van der Waals surface area contributed by atoms with Gasteiger partial charge in [0.05, 0.1) is 6.61 Å². The first-order valence-electron chi connectivity index (χ1n) is 3.94. The van der Waals surface area contributed by atoms with Crippen LogP contribution in [0.25, 0.3) is 0 Å². The summed E-state index contributed by atoms with van der Waals surface area (Å²) in [4.78, 5) is 0. The molecule has 0 aliphatic carbocycles. The minimum absolute atomic E-state index is 0.0266. The molecule has 0 spiro atoms. The summed E-state index contributed by atoms with van der Waals surface area (Å²) in [5.74, 6) is 0. The van der Waals surface area contributed by atoms with Crippen LogP contribution in [-0.4, -0.2) is 64.8 Å². The maximum atomic E-state index is 9.32. The molecule has 0 amide bonds. The van der Waals surface area contributed by atoms with Gasteiger partial charge in [0.25, 0.3) is 0 Å². The van der Waals surface area contributed by atoms with E-state index >= 15 is 0 Å². The lowest BCUT2D eigenvalue weighted by Crippen LogP contribution is -2.40. The predicted octanol–water partition coefficient (Wildman–Crippen LogP) is -2.57. The highest BCUT2D eigenvalue weighted by atomic mass is 16.7. The lowest BCUT2D eigenvalue weighted by Gasteiger charge is -2.19. The van der Waals surface area contributed by atoms with E-state index in [0.717, 1.165) is 0 Å². The molecule has 78 valence electrons. The zero-order valence-corrected chi connectivity index (χ0v) is 7.20. The quantitative estimate of drug-likeness (QED) is 0.394. The Balaban J connectivity index is 2.52. The number of hydrogen-bond donors (Lipinski definition) is 4. The van der Waals surface area contributed by atoms with Crippen molar-refractivity contribution < 1.29 is 29.9 Å². The van der Waals surface area contributed by atoms with E-state index in [9.17, 15) is 10.2 Å². The number of hydrogen-bond acceptors (Lipinski definition) is 6. The summed E-state index contributed by atoms with van der Waals surface area (Å²) in [6.07, 6.45) is -6.19. The largest absolute Gasteiger partial charge is 0.388 e. The first-order valence-corrected chi connectivity index (χ1v) is 3.94. The molecule has 0 aromatic heterocycles. The van der Waals surface area contributed by atoms with E-state index in [1.165, 1.54) is 7.11 Å². The summed E-state index contributed by atoms with van der Waals surface area (Å²) >= 11 is 0. The van der Waals surface area contributed by atoms with Crippen LogP contribution in [0.3, 0.4) is 0 Å². The molecule has 1 rings (SSSR count). The Kier molecular flexibility index (Phi) is 3.60. The Bertz CT molecular complexity index is 163. The van der Waals surface area contributed by atoms with Crippen molar-refractivity contribution in [2.24, 2.45) is 0 Å². The van der Waals surface area contributed by atoms with Crippen molar-refractivity contribution in [3.63, 3.8) is 0 Å². The number of ether oxygens (including phenoxy) is 2. The number of rotatable bonds is 3. The molecule has 4 N–H and O–H groups in total. The molecule has 1 saturated heterocycles. The van der Waals surface area contributed by atoms with Gasteiger partial charge in [-0.05, 0) is 0 Å². The van der Waals surface area contributed by atoms with Gasteiger partial charge in [0, 0.05) is 7.11 Å². The zero-order valence-electron chi connectivity index (χ0n) is 7.20. The Hall–Kier alpha value is -0.240. The van der Waals surface area contributed by atoms with Crippen LogP contribution >= 0.6 is 0 Å². The summed E-state index contributed by atoms with van der Waals surface area (Å²) < 4.78 is 9.36. The second-order valence-corrected chi connectivity index (χ2v) is 3.00. The fourth-order valence-electron chi connectivity index (χ4n) is 1.27. The first kappa shape index (κ1) is 10.8. The maximum Gasteiger partial charge on any atom is 0.184 e. The average molecular weight is 194 g/mol. The van der Waals surface area contributed by atoms with Crippen LogP contribution in [0.1, 0.15) is 0 Å². The van der Waals surface area contributed by atoms with Gasteiger partial charge >= 0.3 is 0 Å². The van der Waals surface area contributed by atoms with E-state index in [-0.39, 0.29) is 6.61 Å². The zero-order chi connectivity index (χ0) is 10.0. The second-order valence-electron chi connectivity index (χ2n) is 3.00. The van der Waals surface area contributed by atoms with Crippen molar-refractivity contribution in [1.29, 1.82) is 0 Å². The van der Waals surface area contributed by atoms with Crippen molar-refractivity contribution in [3.8, 4) is 0 Å². The van der Waals surface area contributed by atoms with Crippen LogP contribution in [0.15, 0.2) is 0 Å². The molecule has 0 aromatic carbocycles. The molecule has 0 radical (unpaired) electrons. The Morgan fingerprint density at radius 1 is 1.31 bits per heavy atom. The Morgan fingerprint density at radius 3 is 2.31 bits per heavy atom. The Morgan fingerprint density at radius 2 is 1.92 bits per heavy atom. The van der Waals surface area contributed by atoms with Crippen LogP contribution in [0.2, 0.25) is 0 Å². The molecule has 5 atom stereocenters. The van der Waals surface area contributed by atoms with Gasteiger partial charge in [-0.3, -0.25) is 0 Å². The first-order chi connectivity index (χ1) is 6.07. The molecule has 0 aromatic rings. The molecule has 13 heavy (non-hydrogen) atoms. The second kappa shape index (κ2) is 4.32. The van der Waals surface area contributed by atoms with Gasteiger partial charge in [-0.1, -0.05) is 0 Å². The third-order valence-electron chi connectivity index (χ3n) is 1.99. The van der Waals surface area contributed by atoms with Crippen molar-refractivity contribution in [2.45, 2.75) is 30.7 Å². The van der Waals surface area contributed by atoms with E-state index in [1.807, 2.05) is 0 Å². The monoisotopic (exact) mass is 194 g/mol. The van der Waals surface area contributed by atoms with Gasteiger partial charge in [-0.15, -0.1) is 0 Å². The molecular formula is C7H14O6. The van der Waals surface area contributed by atoms with Gasteiger partial charge in [0.2, 0.25) is 0 Å². The minimum atomic E-state index is -1.45. The summed E-state index contributed by atoms with van der Waals surface area (Å²) in [7, 11) is 1.39. The third-order valence-corrected chi connectivity index (χ3v) is 1.99. The van der Waals surface area contributed by atoms with Gasteiger partial charge in [0.15, 0.2) is 6.29 Å². The van der Waals surface area contributed by atoms with Crippen LogP contribution in [0.5, 0.6) is 0 Å². The summed E-state index contributed by atoms with van der Waals surface area (Å²) in [5, 5.41) is 36.6. The van der Waals surface area contributed by atoms with Crippen molar-refractivity contribution >= 4 is 0 Å². The van der Waals surface area contributed by atoms with Gasteiger partial charge < -0.3 is 29.9 Å². The summed E-state index contributed by atoms with van der Waals surface area (Å²) in [5.41, 5.74) is 0. The van der Waals surface area contributed by atoms with E-state index in [0.29, 0.717) is 0 Å². The van der Waals surface area contributed by atoms with Crippen molar-refractivity contribution in [1.82, 2.24) is 0 Å². The molecule has 1 heterocycles. The molecule has 0 saturated carbocycles. The minimum Gasteiger partial charge on any atom is -0.388 e. The summed E-state index contributed by atoms with van der Waals surface area (Å²) in [6, 6.07) is 0. The normalized spacial score (nSPS) is 42.2. The molecule has 1 aliphatic heterocycles. The standard InChI is InChI=1S/C7H14O6/c1-12-2-3(8)6-4(9)5(10)7(11)13-6/h3-11H,2H2,1H3/t3-,4?,5+,6-,7+/m1/s1. The van der Waals surface area contributed by atoms with Gasteiger partial charge in [-0.2, -0.15) is 0 Å². The average Bonchev–Trinajstić information content (AvgIpc) is 2.33. The van der Waals surface area contributed by atoms with E-state index in [1.54, 1.807) is 0 Å². The molecule has 6 nitrogen and oxygen atoms in total. The highest BCUT2D eigenvalue weighted by Gasteiger charge is 2.45. The van der Waals surface area contributed by atoms with Crippen LogP contribution in [0.4, 0.5) is 0 Å². The molecule has 1 unspecified atom stereocenters. The van der Waals surface area contributed by atoms with Crippen LogP contribution < -0.4 is 0 Å². The van der Waals surface area contributed by atoms with Crippen LogP contribution in [0, 0.1) is 0 Å². The number of aliphatic hydroxyl groups is 4. The van der Waals surface area contributed by atoms with E-state index in [4.69, 9.17) is 14.9 Å². The van der Waals surface area contributed by atoms with Crippen molar-refractivity contribution in [2.75, 3.05) is 13.7 Å². The highest BCUT2D eigenvalue weighted by Crippen LogP contribution is 2.22. The van der Waals surface area contributed by atoms with Crippen LogP contribution in [-0.2, 0) is 9.47 Å².